The highest BCUT2D eigenvalue weighted by Crippen LogP contribution is 2.30. The second kappa shape index (κ2) is 7.50. The van der Waals surface area contributed by atoms with E-state index in [9.17, 15) is 9.59 Å². The molecule has 0 bridgehead atoms. The van der Waals surface area contributed by atoms with Crippen LogP contribution in [0.3, 0.4) is 0 Å². The molecule has 0 aromatic heterocycles. The van der Waals surface area contributed by atoms with E-state index < -0.39 is 17.4 Å². The third kappa shape index (κ3) is 3.63. The van der Waals surface area contributed by atoms with Crippen molar-refractivity contribution < 1.29 is 19.1 Å². The summed E-state index contributed by atoms with van der Waals surface area (Å²) in [6.45, 7) is 6.83. The first-order chi connectivity index (χ1) is 8.08. The molecule has 4 heteroatoms. The lowest BCUT2D eigenvalue weighted by molar-refractivity contribution is -0.171. The van der Waals surface area contributed by atoms with Crippen molar-refractivity contribution in [2.24, 2.45) is 5.41 Å². The summed E-state index contributed by atoms with van der Waals surface area (Å²) in [5.74, 6) is 0.966. The van der Waals surface area contributed by atoms with Gasteiger partial charge in [-0.3, -0.25) is 9.59 Å². The molecule has 0 amide bonds. The van der Waals surface area contributed by atoms with Crippen LogP contribution in [0.4, 0.5) is 0 Å². The fraction of sp³-hybridized carbons (Fsp3) is 0.538. The van der Waals surface area contributed by atoms with Crippen LogP contribution in [0.5, 0.6) is 0 Å². The molecule has 0 spiro atoms. The SMILES string of the molecule is C#CCOC(=O)C(CC)(CC)C(=O)OCC=C. The molecular formula is C13H18O4. The maximum atomic E-state index is 11.9. The van der Waals surface area contributed by atoms with Gasteiger partial charge in [-0.05, 0) is 12.8 Å². The highest BCUT2D eigenvalue weighted by molar-refractivity contribution is 6.00. The van der Waals surface area contributed by atoms with Gasteiger partial charge < -0.3 is 9.47 Å². The van der Waals surface area contributed by atoms with Gasteiger partial charge in [0.15, 0.2) is 12.0 Å². The van der Waals surface area contributed by atoms with Gasteiger partial charge in [0, 0.05) is 0 Å². The molecule has 0 fully saturated rings. The van der Waals surface area contributed by atoms with Crippen LogP contribution in [0.1, 0.15) is 26.7 Å². The standard InChI is InChI=1S/C13H18O4/c1-5-9-16-11(14)13(7-3,8-4)12(15)17-10-6-2/h1,6H,2,7-10H2,3-4H3. The minimum atomic E-state index is -1.26. The minimum absolute atomic E-state index is 0.0724. The zero-order valence-corrected chi connectivity index (χ0v) is 10.3. The number of hydrogen-bond acceptors (Lipinski definition) is 4. The van der Waals surface area contributed by atoms with Crippen LogP contribution in [-0.2, 0) is 19.1 Å². The number of esters is 2. The maximum absolute atomic E-state index is 11.9. The van der Waals surface area contributed by atoms with Crippen LogP contribution in [0.15, 0.2) is 12.7 Å². The average molecular weight is 238 g/mol. The highest BCUT2D eigenvalue weighted by Gasteiger charge is 2.45. The zero-order valence-electron chi connectivity index (χ0n) is 10.3. The van der Waals surface area contributed by atoms with Crippen molar-refractivity contribution in [3.8, 4) is 12.3 Å². The van der Waals surface area contributed by atoms with E-state index in [1.807, 2.05) is 0 Å². The first kappa shape index (κ1) is 15.2. The van der Waals surface area contributed by atoms with E-state index >= 15 is 0 Å². The lowest BCUT2D eigenvalue weighted by Gasteiger charge is -2.26. The van der Waals surface area contributed by atoms with Crippen molar-refractivity contribution in [1.29, 1.82) is 0 Å². The second-order valence-electron chi connectivity index (χ2n) is 3.46. The molecule has 94 valence electrons. The Kier molecular flexibility index (Phi) is 6.73. The number of rotatable bonds is 7. The molecule has 17 heavy (non-hydrogen) atoms. The van der Waals surface area contributed by atoms with E-state index in [4.69, 9.17) is 15.9 Å². The number of carbonyl (C=O) groups is 2. The van der Waals surface area contributed by atoms with Gasteiger partial charge in [-0.25, -0.2) is 0 Å². The Hall–Kier alpha value is -1.76. The number of carbonyl (C=O) groups excluding carboxylic acids is 2. The molecule has 0 saturated heterocycles. The lowest BCUT2D eigenvalue weighted by Crippen LogP contribution is -2.41. The Morgan fingerprint density at radius 1 is 1.29 bits per heavy atom. The Bertz CT molecular complexity index is 321. The first-order valence-electron chi connectivity index (χ1n) is 5.47. The van der Waals surface area contributed by atoms with E-state index in [2.05, 4.69) is 12.5 Å². The van der Waals surface area contributed by atoms with Gasteiger partial charge in [-0.2, -0.15) is 0 Å². The predicted octanol–water partition coefficient (Wildman–Crippen LogP) is 1.70. The summed E-state index contributed by atoms with van der Waals surface area (Å²) >= 11 is 0. The van der Waals surface area contributed by atoms with Gasteiger partial charge in [0.25, 0.3) is 0 Å². The molecule has 0 N–H and O–H groups in total. The van der Waals surface area contributed by atoms with Crippen molar-refractivity contribution in [3.05, 3.63) is 12.7 Å². The maximum Gasteiger partial charge on any atom is 0.324 e. The summed E-state index contributed by atoms with van der Waals surface area (Å²) in [7, 11) is 0. The molecule has 0 radical (unpaired) electrons. The van der Waals surface area contributed by atoms with E-state index in [1.54, 1.807) is 13.8 Å². The van der Waals surface area contributed by atoms with E-state index in [-0.39, 0.29) is 13.2 Å². The molecule has 4 nitrogen and oxygen atoms in total. The van der Waals surface area contributed by atoms with Crippen LogP contribution in [0, 0.1) is 17.8 Å². The lowest BCUT2D eigenvalue weighted by atomic mass is 9.82. The summed E-state index contributed by atoms with van der Waals surface area (Å²) in [6, 6.07) is 0. The molecule has 0 aliphatic heterocycles. The van der Waals surface area contributed by atoms with Crippen molar-refractivity contribution in [2.75, 3.05) is 13.2 Å². The number of hydrogen-bond donors (Lipinski definition) is 0. The van der Waals surface area contributed by atoms with Gasteiger partial charge in [0.05, 0.1) is 0 Å². The predicted molar refractivity (Wildman–Crippen MR) is 64.0 cm³/mol. The Morgan fingerprint density at radius 3 is 2.24 bits per heavy atom. The van der Waals surface area contributed by atoms with Gasteiger partial charge in [0.2, 0.25) is 0 Å². The normalized spacial score (nSPS) is 10.2. The monoisotopic (exact) mass is 238 g/mol. The molecule has 0 aromatic carbocycles. The third-order valence-electron chi connectivity index (χ3n) is 2.61. The van der Waals surface area contributed by atoms with Crippen molar-refractivity contribution in [2.45, 2.75) is 26.7 Å². The minimum Gasteiger partial charge on any atom is -0.461 e. The highest BCUT2D eigenvalue weighted by atomic mass is 16.6. The molecular weight excluding hydrogens is 220 g/mol. The Morgan fingerprint density at radius 2 is 1.82 bits per heavy atom. The van der Waals surface area contributed by atoms with E-state index in [0.717, 1.165) is 0 Å². The molecule has 0 rings (SSSR count). The largest absolute Gasteiger partial charge is 0.461 e. The number of terminal acetylenes is 1. The van der Waals surface area contributed by atoms with Crippen molar-refractivity contribution in [3.63, 3.8) is 0 Å². The van der Waals surface area contributed by atoms with Crippen LogP contribution in [0.2, 0.25) is 0 Å². The molecule has 0 heterocycles. The molecule has 0 unspecified atom stereocenters. The fourth-order valence-corrected chi connectivity index (χ4v) is 1.43. The smallest absolute Gasteiger partial charge is 0.324 e. The zero-order chi connectivity index (χ0) is 13.3. The summed E-state index contributed by atoms with van der Waals surface area (Å²) in [5.41, 5.74) is -1.26. The summed E-state index contributed by atoms with van der Waals surface area (Å²) < 4.78 is 9.77. The van der Waals surface area contributed by atoms with Gasteiger partial charge in [-0.15, -0.1) is 6.42 Å². The van der Waals surface area contributed by atoms with Gasteiger partial charge >= 0.3 is 11.9 Å². The average Bonchev–Trinajstić information content (AvgIpc) is 2.35. The van der Waals surface area contributed by atoms with Crippen LogP contribution >= 0.6 is 0 Å². The summed E-state index contributed by atoms with van der Waals surface area (Å²) in [6.07, 6.45) is 7.06. The molecule has 0 aromatic rings. The molecule has 0 atom stereocenters. The van der Waals surface area contributed by atoms with Gasteiger partial charge in [-0.1, -0.05) is 32.4 Å². The first-order valence-corrected chi connectivity index (χ1v) is 5.47. The van der Waals surface area contributed by atoms with Crippen molar-refractivity contribution in [1.82, 2.24) is 0 Å². The molecule has 0 aliphatic rings. The summed E-state index contributed by atoms with van der Waals surface area (Å²) in [5, 5.41) is 0. The second-order valence-corrected chi connectivity index (χ2v) is 3.46. The topological polar surface area (TPSA) is 52.6 Å². The van der Waals surface area contributed by atoms with Crippen LogP contribution < -0.4 is 0 Å². The fourth-order valence-electron chi connectivity index (χ4n) is 1.43. The van der Waals surface area contributed by atoms with E-state index in [0.29, 0.717) is 12.8 Å². The number of ether oxygens (including phenoxy) is 2. The summed E-state index contributed by atoms with van der Waals surface area (Å²) in [4.78, 5) is 23.7. The Balaban J connectivity index is 4.88. The molecule has 0 saturated carbocycles. The van der Waals surface area contributed by atoms with Crippen molar-refractivity contribution >= 4 is 11.9 Å². The quantitative estimate of drug-likeness (QED) is 0.293. The Labute approximate surface area is 102 Å². The van der Waals surface area contributed by atoms with Gasteiger partial charge in [0.1, 0.15) is 6.61 Å². The third-order valence-corrected chi connectivity index (χ3v) is 2.61. The van der Waals surface area contributed by atoms with E-state index in [1.165, 1.54) is 6.08 Å². The van der Waals surface area contributed by atoms with Crippen LogP contribution in [0.25, 0.3) is 0 Å². The van der Waals surface area contributed by atoms with Crippen LogP contribution in [-0.4, -0.2) is 25.2 Å². The molecule has 0 aliphatic carbocycles.